The number of nitrogens with zero attached hydrogens (tertiary/aromatic N) is 2. The molecular formula is C20H19N3O5S2. The van der Waals surface area contributed by atoms with Gasteiger partial charge in [0, 0.05) is 11.1 Å². The summed E-state index contributed by atoms with van der Waals surface area (Å²) in [7, 11) is -3.45. The third-order valence-corrected chi connectivity index (χ3v) is 7.04. The molecule has 3 rings (SSSR count). The highest BCUT2D eigenvalue weighted by atomic mass is 32.2. The van der Waals surface area contributed by atoms with E-state index in [4.69, 9.17) is 0 Å². The van der Waals surface area contributed by atoms with Crippen molar-refractivity contribution >= 4 is 43.9 Å². The number of hydrogen-bond acceptors (Lipinski definition) is 7. The van der Waals surface area contributed by atoms with Crippen LogP contribution < -0.4 is 5.32 Å². The van der Waals surface area contributed by atoms with E-state index in [2.05, 4.69) is 5.32 Å². The second kappa shape index (κ2) is 8.01. The Kier molecular flexibility index (Phi) is 5.78. The first-order chi connectivity index (χ1) is 14.0. The number of benzene rings is 1. The number of rotatable bonds is 6. The average molecular weight is 446 g/mol. The van der Waals surface area contributed by atoms with Gasteiger partial charge < -0.3 is 5.32 Å². The zero-order chi connectivity index (χ0) is 22.2. The zero-order valence-corrected chi connectivity index (χ0v) is 18.2. The van der Waals surface area contributed by atoms with Crippen molar-refractivity contribution in [1.82, 2.24) is 4.90 Å². The minimum Gasteiger partial charge on any atom is -0.315 e. The van der Waals surface area contributed by atoms with Gasteiger partial charge >= 0.3 is 0 Å². The Labute approximate surface area is 178 Å². The van der Waals surface area contributed by atoms with Crippen LogP contribution >= 0.6 is 11.3 Å². The van der Waals surface area contributed by atoms with Gasteiger partial charge in [-0.2, -0.15) is 5.26 Å². The van der Waals surface area contributed by atoms with Crippen molar-refractivity contribution in [2.45, 2.75) is 26.3 Å². The predicted molar refractivity (Wildman–Crippen MR) is 112 cm³/mol. The van der Waals surface area contributed by atoms with E-state index in [0.29, 0.717) is 10.6 Å². The van der Waals surface area contributed by atoms with E-state index in [9.17, 15) is 28.1 Å². The van der Waals surface area contributed by atoms with Crippen LogP contribution in [0.1, 0.15) is 43.1 Å². The number of amides is 3. The van der Waals surface area contributed by atoms with Crippen molar-refractivity contribution in [2.75, 3.05) is 17.3 Å². The van der Waals surface area contributed by atoms with Gasteiger partial charge in [-0.15, -0.1) is 11.3 Å². The Balaban J connectivity index is 1.97. The van der Waals surface area contributed by atoms with Crippen molar-refractivity contribution in [2.24, 2.45) is 0 Å². The molecule has 0 spiro atoms. The molecular weight excluding hydrogens is 426 g/mol. The first-order valence-corrected chi connectivity index (χ1v) is 11.9. The largest absolute Gasteiger partial charge is 0.315 e. The molecule has 1 N–H and O–H groups in total. The molecule has 2 heterocycles. The second-order valence-corrected chi connectivity index (χ2v) is 10.5. The molecule has 1 aromatic carbocycles. The summed E-state index contributed by atoms with van der Waals surface area (Å²) in [5.41, 5.74) is 1.36. The van der Waals surface area contributed by atoms with E-state index in [1.807, 2.05) is 13.0 Å². The molecule has 8 nitrogen and oxygen atoms in total. The maximum Gasteiger partial charge on any atom is 0.262 e. The Bertz CT molecular complexity index is 1170. The third-order valence-electron chi connectivity index (χ3n) is 4.94. The molecule has 2 aromatic rings. The van der Waals surface area contributed by atoms with Crippen LogP contribution in [0.2, 0.25) is 0 Å². The number of anilines is 1. The van der Waals surface area contributed by atoms with Crippen molar-refractivity contribution in [3.63, 3.8) is 0 Å². The maximum absolute atomic E-state index is 13.1. The molecule has 1 aliphatic heterocycles. The molecule has 0 bridgehead atoms. The molecule has 0 saturated carbocycles. The summed E-state index contributed by atoms with van der Waals surface area (Å²) < 4.78 is 23.4. The molecule has 1 atom stereocenters. The minimum atomic E-state index is -3.45. The van der Waals surface area contributed by atoms with E-state index < -0.39 is 33.6 Å². The van der Waals surface area contributed by atoms with E-state index in [-0.39, 0.29) is 23.3 Å². The Hall–Kier alpha value is -3.03. The first kappa shape index (κ1) is 21.7. The Morgan fingerprint density at radius 1 is 1.20 bits per heavy atom. The second-order valence-electron chi connectivity index (χ2n) is 7.05. The fourth-order valence-electron chi connectivity index (χ4n) is 3.24. The van der Waals surface area contributed by atoms with Crippen molar-refractivity contribution < 1.29 is 22.8 Å². The number of thiophene rings is 1. The fraction of sp³-hybridized carbons (Fsp3) is 0.300. The van der Waals surface area contributed by atoms with Gasteiger partial charge in [-0.05, 0) is 38.0 Å². The van der Waals surface area contributed by atoms with Gasteiger partial charge in [0.25, 0.3) is 11.8 Å². The number of nitrogens with one attached hydrogen (secondary N) is 1. The van der Waals surface area contributed by atoms with Crippen molar-refractivity contribution in [3.8, 4) is 6.07 Å². The number of imide groups is 1. The smallest absolute Gasteiger partial charge is 0.262 e. The molecule has 156 valence electrons. The molecule has 0 unspecified atom stereocenters. The van der Waals surface area contributed by atoms with Crippen LogP contribution in [0.5, 0.6) is 0 Å². The topological polar surface area (TPSA) is 124 Å². The average Bonchev–Trinajstić information content (AvgIpc) is 3.09. The number of fused-ring (bicyclic) bond motifs is 1. The standard InChI is InChI=1S/C20H19N3O5S2/c1-11-12(2)29-18(15(11)10-21)22-17(24)16(8-9-30(3,27)28)23-19(25)13-6-4-5-7-14(13)20(23)26/h4-7,16H,8-9H2,1-3H3,(H,22,24)/t16-/m1/s1. The molecule has 0 saturated heterocycles. The Morgan fingerprint density at radius 3 is 2.27 bits per heavy atom. The van der Waals surface area contributed by atoms with Crippen molar-refractivity contribution in [3.05, 3.63) is 51.4 Å². The van der Waals surface area contributed by atoms with Crippen molar-refractivity contribution in [1.29, 1.82) is 5.26 Å². The summed E-state index contributed by atoms with van der Waals surface area (Å²) >= 11 is 1.21. The summed E-state index contributed by atoms with van der Waals surface area (Å²) in [5, 5.41) is 12.3. The first-order valence-electron chi connectivity index (χ1n) is 9.00. The van der Waals surface area contributed by atoms with Gasteiger partial charge in [0.05, 0.1) is 22.4 Å². The van der Waals surface area contributed by atoms with Gasteiger partial charge in [0.2, 0.25) is 5.91 Å². The van der Waals surface area contributed by atoms with E-state index in [1.165, 1.54) is 23.5 Å². The number of hydrogen-bond donors (Lipinski definition) is 1. The normalized spacial score (nSPS) is 14.4. The van der Waals surface area contributed by atoms with Gasteiger partial charge in [-0.1, -0.05) is 12.1 Å². The lowest BCUT2D eigenvalue weighted by atomic mass is 10.1. The van der Waals surface area contributed by atoms with E-state index in [1.54, 1.807) is 19.1 Å². The quantitative estimate of drug-likeness (QED) is 0.680. The number of carbonyl (C=O) groups is 3. The molecule has 30 heavy (non-hydrogen) atoms. The summed E-state index contributed by atoms with van der Waals surface area (Å²) in [6.45, 7) is 3.56. The van der Waals surface area contributed by atoms with Crippen LogP contribution in [-0.4, -0.2) is 49.1 Å². The van der Waals surface area contributed by atoms with Gasteiger partial charge in [-0.25, -0.2) is 8.42 Å². The predicted octanol–water partition coefficient (Wildman–Crippen LogP) is 2.27. The highest BCUT2D eigenvalue weighted by molar-refractivity contribution is 7.90. The maximum atomic E-state index is 13.1. The van der Waals surface area contributed by atoms with E-state index in [0.717, 1.165) is 21.6 Å². The molecule has 1 aromatic heterocycles. The lowest BCUT2D eigenvalue weighted by molar-refractivity contribution is -0.120. The van der Waals surface area contributed by atoms with Gasteiger partial charge in [-0.3, -0.25) is 19.3 Å². The molecule has 10 heteroatoms. The van der Waals surface area contributed by atoms with Crippen LogP contribution in [0.4, 0.5) is 5.00 Å². The molecule has 0 aliphatic carbocycles. The van der Waals surface area contributed by atoms with Gasteiger partial charge in [0.15, 0.2) is 0 Å². The molecule has 0 radical (unpaired) electrons. The number of aryl methyl sites for hydroxylation is 1. The summed E-state index contributed by atoms with van der Waals surface area (Å²) in [4.78, 5) is 40.4. The minimum absolute atomic E-state index is 0.167. The highest BCUT2D eigenvalue weighted by Gasteiger charge is 2.43. The molecule has 1 aliphatic rings. The number of sulfone groups is 1. The number of nitriles is 1. The summed E-state index contributed by atoms with van der Waals surface area (Å²) in [6, 6.07) is 6.89. The molecule has 3 amide bonds. The SMILES string of the molecule is Cc1sc(NC(=O)[C@@H](CCS(C)(=O)=O)N2C(=O)c3ccccc3C2=O)c(C#N)c1C. The summed E-state index contributed by atoms with van der Waals surface area (Å²) in [5.74, 6) is -2.40. The Morgan fingerprint density at radius 2 is 1.77 bits per heavy atom. The third kappa shape index (κ3) is 3.99. The van der Waals surface area contributed by atoms with Crippen LogP contribution in [-0.2, 0) is 14.6 Å². The van der Waals surface area contributed by atoms with E-state index >= 15 is 0 Å². The van der Waals surface area contributed by atoms with Gasteiger partial charge in [0.1, 0.15) is 26.9 Å². The van der Waals surface area contributed by atoms with Crippen LogP contribution in [0.25, 0.3) is 0 Å². The highest BCUT2D eigenvalue weighted by Crippen LogP contribution is 2.33. The molecule has 0 fully saturated rings. The van der Waals surface area contributed by atoms with Crippen LogP contribution in [0.3, 0.4) is 0 Å². The zero-order valence-electron chi connectivity index (χ0n) is 16.6. The summed E-state index contributed by atoms with van der Waals surface area (Å²) in [6.07, 6.45) is 0.769. The lowest BCUT2D eigenvalue weighted by Crippen LogP contribution is -2.48. The fourth-order valence-corrected chi connectivity index (χ4v) is 4.90. The van der Waals surface area contributed by atoms with Crippen LogP contribution in [0.15, 0.2) is 24.3 Å². The number of carbonyl (C=O) groups excluding carboxylic acids is 3. The lowest BCUT2D eigenvalue weighted by Gasteiger charge is -2.25. The van der Waals surface area contributed by atoms with Crippen LogP contribution in [0, 0.1) is 25.2 Å². The monoisotopic (exact) mass is 445 g/mol.